The third kappa shape index (κ3) is 5.43. The van der Waals surface area contributed by atoms with Crippen LogP contribution >= 0.6 is 0 Å². The maximum absolute atomic E-state index is 12.2. The monoisotopic (exact) mass is 410 g/mol. The molecule has 0 spiro atoms. The molecule has 0 aliphatic rings. The number of benzene rings is 3. The lowest BCUT2D eigenvalue weighted by atomic mass is 10.0. The third-order valence-corrected chi connectivity index (χ3v) is 5.54. The second-order valence-electron chi connectivity index (χ2n) is 6.68. The van der Waals surface area contributed by atoms with Gasteiger partial charge in [0.2, 0.25) is 10.0 Å². The first-order valence-corrected chi connectivity index (χ1v) is 10.6. The highest BCUT2D eigenvalue weighted by molar-refractivity contribution is 7.89. The fourth-order valence-corrected chi connectivity index (χ4v) is 3.97. The van der Waals surface area contributed by atoms with Crippen LogP contribution in [0.2, 0.25) is 0 Å². The fraction of sp³-hybridized carbons (Fsp3) is 0.136. The molecule has 0 amide bonds. The minimum absolute atomic E-state index is 0.131. The van der Waals surface area contributed by atoms with Gasteiger partial charge in [-0.3, -0.25) is 0 Å². The van der Waals surface area contributed by atoms with Gasteiger partial charge in [-0.1, -0.05) is 60.7 Å². The van der Waals surface area contributed by atoms with Crippen molar-refractivity contribution in [2.45, 2.75) is 17.7 Å². The standard InChI is InChI=1S/C22H22N2O4S/c23-29(27,28)21-15-18(22(25)26)14-20(19(21)13-17-9-5-2-6-10-17)24-12-11-16-7-3-1-4-8-16/h1-10,14-15,24H,11-13H2,(H,25,26)(H2,23,27,28). The number of hydrogen-bond donors (Lipinski definition) is 3. The van der Waals surface area contributed by atoms with Crippen LogP contribution in [-0.4, -0.2) is 26.0 Å². The van der Waals surface area contributed by atoms with Crippen molar-refractivity contribution in [3.05, 3.63) is 95.1 Å². The highest BCUT2D eigenvalue weighted by atomic mass is 32.2. The Hall–Kier alpha value is -3.16. The highest BCUT2D eigenvalue weighted by Gasteiger charge is 2.21. The maximum Gasteiger partial charge on any atom is 0.335 e. The van der Waals surface area contributed by atoms with Crippen molar-refractivity contribution < 1.29 is 18.3 Å². The molecule has 0 unspecified atom stereocenters. The second-order valence-corrected chi connectivity index (χ2v) is 8.21. The zero-order valence-electron chi connectivity index (χ0n) is 15.7. The van der Waals surface area contributed by atoms with Gasteiger partial charge in [0.25, 0.3) is 0 Å². The number of carboxylic acids is 1. The summed E-state index contributed by atoms with van der Waals surface area (Å²) in [5, 5.41) is 18.0. The molecule has 6 nitrogen and oxygen atoms in total. The number of anilines is 1. The summed E-state index contributed by atoms with van der Waals surface area (Å²) in [6.07, 6.45) is 1.01. The number of nitrogens with one attached hydrogen (secondary N) is 1. The number of rotatable bonds is 8. The summed E-state index contributed by atoms with van der Waals surface area (Å²) in [6.45, 7) is 0.513. The largest absolute Gasteiger partial charge is 0.478 e. The van der Waals surface area contributed by atoms with E-state index >= 15 is 0 Å². The van der Waals surface area contributed by atoms with Crippen molar-refractivity contribution in [2.24, 2.45) is 5.14 Å². The molecule has 3 aromatic rings. The molecule has 0 aliphatic carbocycles. The predicted molar refractivity (Wildman–Crippen MR) is 113 cm³/mol. The number of carboxylic acid groups (broad SMARTS) is 1. The molecule has 0 saturated carbocycles. The van der Waals surface area contributed by atoms with Crippen LogP contribution in [0.5, 0.6) is 0 Å². The molecule has 4 N–H and O–H groups in total. The van der Waals surface area contributed by atoms with Crippen molar-refractivity contribution in [2.75, 3.05) is 11.9 Å². The molecule has 0 atom stereocenters. The average molecular weight is 410 g/mol. The summed E-state index contributed by atoms with van der Waals surface area (Å²) in [4.78, 5) is 11.4. The van der Waals surface area contributed by atoms with Crippen molar-refractivity contribution in [3.8, 4) is 0 Å². The van der Waals surface area contributed by atoms with Gasteiger partial charge in [-0.2, -0.15) is 0 Å². The first-order valence-electron chi connectivity index (χ1n) is 9.09. The normalized spacial score (nSPS) is 11.2. The van der Waals surface area contributed by atoms with Crippen molar-refractivity contribution in [3.63, 3.8) is 0 Å². The van der Waals surface area contributed by atoms with Crippen molar-refractivity contribution in [1.82, 2.24) is 0 Å². The number of carbonyl (C=O) groups is 1. The molecule has 0 aliphatic heterocycles. The first-order chi connectivity index (χ1) is 13.8. The van der Waals surface area contributed by atoms with Crippen molar-refractivity contribution in [1.29, 1.82) is 0 Å². The lowest BCUT2D eigenvalue weighted by Gasteiger charge is -2.17. The molecular weight excluding hydrogens is 388 g/mol. The summed E-state index contributed by atoms with van der Waals surface area (Å²) in [5.74, 6) is -1.22. The van der Waals surface area contributed by atoms with Crippen LogP contribution in [-0.2, 0) is 22.9 Å². The van der Waals surface area contributed by atoms with Crippen LogP contribution in [0.3, 0.4) is 0 Å². The van der Waals surface area contributed by atoms with E-state index in [9.17, 15) is 18.3 Å². The minimum atomic E-state index is -4.11. The first kappa shape index (κ1) is 20.6. The molecule has 0 aromatic heterocycles. The van der Waals surface area contributed by atoms with E-state index in [0.717, 1.165) is 17.2 Å². The van der Waals surface area contributed by atoms with Crippen LogP contribution in [0.25, 0.3) is 0 Å². The van der Waals surface area contributed by atoms with E-state index in [2.05, 4.69) is 5.32 Å². The zero-order valence-corrected chi connectivity index (χ0v) is 16.5. The lowest BCUT2D eigenvalue weighted by molar-refractivity contribution is 0.0696. The molecule has 3 aromatic carbocycles. The summed E-state index contributed by atoms with van der Waals surface area (Å²) in [7, 11) is -4.11. The summed E-state index contributed by atoms with van der Waals surface area (Å²) in [5.41, 5.74) is 2.79. The van der Waals surface area contributed by atoms with Gasteiger partial charge in [0.15, 0.2) is 0 Å². The van der Waals surface area contributed by atoms with Gasteiger partial charge in [-0.05, 0) is 35.2 Å². The topological polar surface area (TPSA) is 109 Å². The van der Waals surface area contributed by atoms with Crippen LogP contribution in [0.1, 0.15) is 27.0 Å². The zero-order chi connectivity index (χ0) is 20.9. The van der Waals surface area contributed by atoms with Crippen LogP contribution < -0.4 is 10.5 Å². The molecule has 29 heavy (non-hydrogen) atoms. The summed E-state index contributed by atoms with van der Waals surface area (Å²) < 4.78 is 24.4. The predicted octanol–water partition coefficient (Wildman–Crippen LogP) is 3.28. The van der Waals surface area contributed by atoms with Gasteiger partial charge in [-0.25, -0.2) is 18.4 Å². The van der Waals surface area contributed by atoms with Gasteiger partial charge in [-0.15, -0.1) is 0 Å². The molecule has 150 valence electrons. The highest BCUT2D eigenvalue weighted by Crippen LogP contribution is 2.28. The lowest BCUT2D eigenvalue weighted by Crippen LogP contribution is -2.18. The third-order valence-electron chi connectivity index (χ3n) is 4.56. The van der Waals surface area contributed by atoms with Crippen LogP contribution in [0.15, 0.2) is 77.7 Å². The molecule has 3 rings (SSSR count). The SMILES string of the molecule is NS(=O)(=O)c1cc(C(=O)O)cc(NCCc2ccccc2)c1Cc1ccccc1. The van der Waals surface area contributed by atoms with Gasteiger partial charge < -0.3 is 10.4 Å². The van der Waals surface area contributed by atoms with Crippen LogP contribution in [0, 0.1) is 0 Å². The van der Waals surface area contributed by atoms with E-state index in [1.807, 2.05) is 60.7 Å². The smallest absolute Gasteiger partial charge is 0.335 e. The average Bonchev–Trinajstić information content (AvgIpc) is 2.69. The fourth-order valence-electron chi connectivity index (χ4n) is 3.15. The summed E-state index contributed by atoms with van der Waals surface area (Å²) in [6, 6.07) is 21.8. The van der Waals surface area contributed by atoms with Gasteiger partial charge in [0.1, 0.15) is 0 Å². The number of hydrogen-bond acceptors (Lipinski definition) is 4. The van der Waals surface area contributed by atoms with Gasteiger partial charge >= 0.3 is 5.97 Å². The maximum atomic E-state index is 12.2. The Labute approximate surface area is 170 Å². The van der Waals surface area contributed by atoms with Gasteiger partial charge in [0.05, 0.1) is 10.5 Å². The van der Waals surface area contributed by atoms with E-state index in [4.69, 9.17) is 5.14 Å². The number of aromatic carboxylic acids is 1. The number of nitrogens with two attached hydrogens (primary N) is 1. The number of primary sulfonamides is 1. The van der Waals surface area contributed by atoms with E-state index in [-0.39, 0.29) is 10.5 Å². The molecule has 0 saturated heterocycles. The molecular formula is C22H22N2O4S. The Morgan fingerprint density at radius 3 is 2.07 bits per heavy atom. The Morgan fingerprint density at radius 2 is 1.52 bits per heavy atom. The Morgan fingerprint density at radius 1 is 0.931 bits per heavy atom. The van der Waals surface area contributed by atoms with Crippen LogP contribution in [0.4, 0.5) is 5.69 Å². The number of sulfonamides is 1. The molecule has 0 bridgehead atoms. The summed E-state index contributed by atoms with van der Waals surface area (Å²) >= 11 is 0. The minimum Gasteiger partial charge on any atom is -0.478 e. The van der Waals surface area contributed by atoms with Crippen molar-refractivity contribution >= 4 is 21.7 Å². The molecule has 0 heterocycles. The van der Waals surface area contributed by atoms with E-state index in [0.29, 0.717) is 30.6 Å². The quantitative estimate of drug-likeness (QED) is 0.528. The van der Waals surface area contributed by atoms with Gasteiger partial charge in [0, 0.05) is 18.7 Å². The Kier molecular flexibility index (Phi) is 6.31. The second kappa shape index (κ2) is 8.89. The molecule has 0 radical (unpaired) electrons. The van der Waals surface area contributed by atoms with E-state index < -0.39 is 16.0 Å². The Bertz CT molecular complexity index is 1100. The van der Waals surface area contributed by atoms with E-state index in [1.54, 1.807) is 0 Å². The van der Waals surface area contributed by atoms with E-state index in [1.165, 1.54) is 6.07 Å². The Balaban J connectivity index is 2.00. The molecule has 7 heteroatoms. The molecule has 0 fully saturated rings.